The zero-order valence-corrected chi connectivity index (χ0v) is 13.2. The molecule has 0 saturated carbocycles. The van der Waals surface area contributed by atoms with Crippen molar-refractivity contribution in [2.75, 3.05) is 6.54 Å². The van der Waals surface area contributed by atoms with Gasteiger partial charge in [0.2, 0.25) is 0 Å². The lowest BCUT2D eigenvalue weighted by molar-refractivity contribution is 0.609. The number of pyridine rings is 1. The lowest BCUT2D eigenvalue weighted by atomic mass is 9.97. The van der Waals surface area contributed by atoms with Crippen molar-refractivity contribution >= 4 is 0 Å². The van der Waals surface area contributed by atoms with Crippen LogP contribution in [-0.2, 0) is 13.0 Å². The van der Waals surface area contributed by atoms with E-state index in [1.807, 2.05) is 13.8 Å². The minimum Gasteiger partial charge on any atom is -0.311 e. The van der Waals surface area contributed by atoms with Crippen LogP contribution < -0.4 is 5.32 Å². The van der Waals surface area contributed by atoms with Crippen LogP contribution in [0.15, 0.2) is 12.1 Å². The van der Waals surface area contributed by atoms with Gasteiger partial charge in [-0.25, -0.2) is 9.97 Å². The van der Waals surface area contributed by atoms with Crippen molar-refractivity contribution in [3.63, 3.8) is 0 Å². The molecule has 21 heavy (non-hydrogen) atoms. The van der Waals surface area contributed by atoms with Gasteiger partial charge in [0.05, 0.1) is 11.4 Å². The van der Waals surface area contributed by atoms with Crippen molar-refractivity contribution in [1.29, 1.82) is 0 Å². The van der Waals surface area contributed by atoms with Gasteiger partial charge in [-0.3, -0.25) is 4.98 Å². The topological polar surface area (TPSA) is 50.7 Å². The molecule has 4 heteroatoms. The van der Waals surface area contributed by atoms with Crippen LogP contribution in [0.1, 0.15) is 48.1 Å². The van der Waals surface area contributed by atoms with Crippen molar-refractivity contribution in [1.82, 2.24) is 20.3 Å². The molecule has 0 aliphatic carbocycles. The van der Waals surface area contributed by atoms with E-state index in [1.54, 1.807) is 0 Å². The lowest BCUT2D eigenvalue weighted by Gasteiger charge is -2.21. The Kier molecular flexibility index (Phi) is 3.72. The summed E-state index contributed by atoms with van der Waals surface area (Å²) in [7, 11) is 0. The number of hydrogen-bond donors (Lipinski definition) is 1. The standard InChI is InChI=1S/C17H22N4/c1-10(2)16-14-5-6-18-9-15(14)20-17(21-16)13-7-11(3)19-12(4)8-13/h7-8,10,18H,5-6,9H2,1-4H3. The third kappa shape index (κ3) is 2.81. The fourth-order valence-electron chi connectivity index (χ4n) is 2.96. The molecule has 0 amide bonds. The molecule has 1 N–H and O–H groups in total. The number of nitrogens with one attached hydrogen (secondary N) is 1. The normalized spacial score (nSPS) is 14.3. The molecule has 2 aromatic heterocycles. The Labute approximate surface area is 126 Å². The molecule has 0 spiro atoms. The summed E-state index contributed by atoms with van der Waals surface area (Å²) in [6.45, 7) is 10.3. The van der Waals surface area contributed by atoms with E-state index in [0.717, 1.165) is 48.0 Å². The summed E-state index contributed by atoms with van der Waals surface area (Å²) >= 11 is 0. The average molecular weight is 282 g/mol. The van der Waals surface area contributed by atoms with Crippen molar-refractivity contribution in [2.45, 2.75) is 46.6 Å². The summed E-state index contributed by atoms with van der Waals surface area (Å²) in [5, 5.41) is 3.41. The Morgan fingerprint density at radius 3 is 2.43 bits per heavy atom. The number of nitrogens with zero attached hydrogens (tertiary/aromatic N) is 3. The second-order valence-electron chi connectivity index (χ2n) is 6.08. The van der Waals surface area contributed by atoms with E-state index < -0.39 is 0 Å². The van der Waals surface area contributed by atoms with Gasteiger partial charge in [-0.1, -0.05) is 13.8 Å². The molecule has 0 aromatic carbocycles. The van der Waals surface area contributed by atoms with Crippen molar-refractivity contribution in [3.05, 3.63) is 40.5 Å². The number of fused-ring (bicyclic) bond motifs is 1. The maximum Gasteiger partial charge on any atom is 0.159 e. The SMILES string of the molecule is Cc1cc(-c2nc3c(c(C(C)C)n2)CCNC3)cc(C)n1. The molecule has 3 rings (SSSR count). The van der Waals surface area contributed by atoms with E-state index in [0.29, 0.717) is 5.92 Å². The molecule has 0 radical (unpaired) electrons. The summed E-state index contributed by atoms with van der Waals surface area (Å²) in [4.78, 5) is 14.1. The van der Waals surface area contributed by atoms with E-state index in [4.69, 9.17) is 9.97 Å². The van der Waals surface area contributed by atoms with Gasteiger partial charge in [0.25, 0.3) is 0 Å². The zero-order chi connectivity index (χ0) is 15.0. The van der Waals surface area contributed by atoms with Gasteiger partial charge in [-0.2, -0.15) is 0 Å². The Balaban J connectivity index is 2.17. The highest BCUT2D eigenvalue weighted by Crippen LogP contribution is 2.26. The van der Waals surface area contributed by atoms with Gasteiger partial charge < -0.3 is 5.32 Å². The van der Waals surface area contributed by atoms with Crippen LogP contribution in [0, 0.1) is 13.8 Å². The molecule has 0 unspecified atom stereocenters. The number of hydrogen-bond acceptors (Lipinski definition) is 4. The monoisotopic (exact) mass is 282 g/mol. The maximum atomic E-state index is 4.87. The zero-order valence-electron chi connectivity index (χ0n) is 13.2. The van der Waals surface area contributed by atoms with Gasteiger partial charge >= 0.3 is 0 Å². The molecule has 1 aliphatic rings. The second kappa shape index (κ2) is 5.53. The Hall–Kier alpha value is -1.81. The first-order valence-corrected chi connectivity index (χ1v) is 7.60. The Morgan fingerprint density at radius 2 is 1.76 bits per heavy atom. The van der Waals surface area contributed by atoms with Crippen molar-refractivity contribution in [2.24, 2.45) is 0 Å². The number of aryl methyl sites for hydroxylation is 2. The van der Waals surface area contributed by atoms with E-state index in [2.05, 4.69) is 36.3 Å². The van der Waals surface area contributed by atoms with Crippen LogP contribution in [0.2, 0.25) is 0 Å². The minimum atomic E-state index is 0.419. The first-order valence-electron chi connectivity index (χ1n) is 7.60. The predicted octanol–water partition coefficient (Wildman–Crippen LogP) is 2.92. The molecule has 110 valence electrons. The summed E-state index contributed by atoms with van der Waals surface area (Å²) in [6, 6.07) is 4.13. The van der Waals surface area contributed by atoms with E-state index in [9.17, 15) is 0 Å². The Bertz CT molecular complexity index is 656. The van der Waals surface area contributed by atoms with Gasteiger partial charge in [0, 0.05) is 23.5 Å². The van der Waals surface area contributed by atoms with Crippen LogP contribution in [0.5, 0.6) is 0 Å². The highest BCUT2D eigenvalue weighted by atomic mass is 15.0. The quantitative estimate of drug-likeness (QED) is 0.920. The van der Waals surface area contributed by atoms with Gasteiger partial charge in [0.1, 0.15) is 0 Å². The Morgan fingerprint density at radius 1 is 1.05 bits per heavy atom. The van der Waals surface area contributed by atoms with Crippen molar-refractivity contribution in [3.8, 4) is 11.4 Å². The van der Waals surface area contributed by atoms with Crippen LogP contribution in [0.25, 0.3) is 11.4 Å². The van der Waals surface area contributed by atoms with Crippen LogP contribution in [-0.4, -0.2) is 21.5 Å². The molecule has 2 aromatic rings. The fourth-order valence-corrected chi connectivity index (χ4v) is 2.96. The van der Waals surface area contributed by atoms with E-state index in [1.165, 1.54) is 11.3 Å². The highest BCUT2D eigenvalue weighted by molar-refractivity contribution is 5.57. The molecular weight excluding hydrogens is 260 g/mol. The lowest BCUT2D eigenvalue weighted by Crippen LogP contribution is -2.27. The van der Waals surface area contributed by atoms with E-state index in [-0.39, 0.29) is 0 Å². The number of aromatic nitrogens is 3. The fraction of sp³-hybridized carbons (Fsp3) is 0.471. The van der Waals surface area contributed by atoms with Crippen LogP contribution >= 0.6 is 0 Å². The van der Waals surface area contributed by atoms with E-state index >= 15 is 0 Å². The van der Waals surface area contributed by atoms with Crippen LogP contribution in [0.3, 0.4) is 0 Å². The molecule has 4 nitrogen and oxygen atoms in total. The molecule has 0 fully saturated rings. The molecular formula is C17H22N4. The first kappa shape index (κ1) is 14.1. The van der Waals surface area contributed by atoms with Crippen molar-refractivity contribution < 1.29 is 0 Å². The first-order chi connectivity index (χ1) is 10.0. The summed E-state index contributed by atoms with van der Waals surface area (Å²) in [6.07, 6.45) is 1.03. The maximum absolute atomic E-state index is 4.87. The number of rotatable bonds is 2. The average Bonchev–Trinajstić information content (AvgIpc) is 2.45. The molecule has 0 saturated heterocycles. The smallest absolute Gasteiger partial charge is 0.159 e. The highest BCUT2D eigenvalue weighted by Gasteiger charge is 2.20. The second-order valence-corrected chi connectivity index (χ2v) is 6.08. The summed E-state index contributed by atoms with van der Waals surface area (Å²) < 4.78 is 0. The third-order valence-corrected chi connectivity index (χ3v) is 3.86. The van der Waals surface area contributed by atoms with Gasteiger partial charge in [0.15, 0.2) is 5.82 Å². The largest absolute Gasteiger partial charge is 0.311 e. The summed E-state index contributed by atoms with van der Waals surface area (Å²) in [5.74, 6) is 1.25. The molecule has 0 atom stereocenters. The van der Waals surface area contributed by atoms with Gasteiger partial charge in [-0.15, -0.1) is 0 Å². The minimum absolute atomic E-state index is 0.419. The molecule has 1 aliphatic heterocycles. The predicted molar refractivity (Wildman–Crippen MR) is 84.2 cm³/mol. The molecule has 0 bridgehead atoms. The van der Waals surface area contributed by atoms with Gasteiger partial charge in [-0.05, 0) is 50.4 Å². The third-order valence-electron chi connectivity index (χ3n) is 3.86. The summed E-state index contributed by atoms with van der Waals surface area (Å²) in [5.41, 5.74) is 6.78. The molecule has 3 heterocycles. The van der Waals surface area contributed by atoms with Crippen LogP contribution in [0.4, 0.5) is 0 Å².